The van der Waals surface area contributed by atoms with Gasteiger partial charge in [-0.2, -0.15) is 0 Å². The second-order valence-corrected chi connectivity index (χ2v) is 4.39. The molecular formula is C11H15NO4. The van der Waals surface area contributed by atoms with E-state index in [-0.39, 0.29) is 6.61 Å². The largest absolute Gasteiger partial charge is 0.456 e. The summed E-state index contributed by atoms with van der Waals surface area (Å²) in [6, 6.07) is -1.00. The number of cyclic esters (lactones) is 1. The number of ether oxygens (including phenoxy) is 2. The molecule has 1 fully saturated rings. The van der Waals surface area contributed by atoms with Crippen molar-refractivity contribution in [3.63, 3.8) is 0 Å². The van der Waals surface area contributed by atoms with Gasteiger partial charge in [0.25, 0.3) is 0 Å². The van der Waals surface area contributed by atoms with E-state index in [0.29, 0.717) is 6.42 Å². The zero-order valence-electron chi connectivity index (χ0n) is 9.65. The number of hydrogen-bond acceptors (Lipinski definition) is 4. The molecule has 1 aliphatic heterocycles. The Hall–Kier alpha value is -1.57. The first-order valence-electron chi connectivity index (χ1n) is 5.16. The van der Waals surface area contributed by atoms with Crippen molar-refractivity contribution in [2.75, 3.05) is 6.61 Å². The monoisotopic (exact) mass is 225 g/mol. The molecule has 0 saturated carbocycles. The fraction of sp³-hybridized carbons (Fsp3) is 0.727. The van der Waals surface area contributed by atoms with Gasteiger partial charge in [0.1, 0.15) is 6.61 Å². The van der Waals surface area contributed by atoms with E-state index in [4.69, 9.17) is 11.3 Å². The Morgan fingerprint density at radius 1 is 1.69 bits per heavy atom. The van der Waals surface area contributed by atoms with Gasteiger partial charge in [0.05, 0.1) is 5.41 Å². The molecule has 1 aliphatic rings. The van der Waals surface area contributed by atoms with Crippen molar-refractivity contribution in [3.8, 4) is 0 Å². The molecule has 2 unspecified atom stereocenters. The number of esters is 2. The zero-order valence-corrected chi connectivity index (χ0v) is 9.65. The fourth-order valence-corrected chi connectivity index (χ4v) is 1.17. The van der Waals surface area contributed by atoms with Gasteiger partial charge in [0.2, 0.25) is 6.10 Å². The average Bonchev–Trinajstić information content (AvgIpc) is 2.59. The molecule has 0 amide bonds. The van der Waals surface area contributed by atoms with E-state index in [1.54, 1.807) is 13.8 Å². The Morgan fingerprint density at radius 3 is 2.81 bits per heavy atom. The smallest absolute Gasteiger partial charge is 0.394 e. The first kappa shape index (κ1) is 12.5. The van der Waals surface area contributed by atoms with E-state index in [9.17, 15) is 9.59 Å². The Kier molecular flexibility index (Phi) is 3.53. The molecule has 0 N–H and O–H groups in total. The van der Waals surface area contributed by atoms with Gasteiger partial charge in [0, 0.05) is 0 Å². The van der Waals surface area contributed by atoms with Crippen molar-refractivity contribution in [1.29, 1.82) is 0 Å². The molecule has 0 aromatic rings. The molecule has 0 radical (unpaired) electrons. The Labute approximate surface area is 94.5 Å². The average molecular weight is 225 g/mol. The van der Waals surface area contributed by atoms with Gasteiger partial charge in [-0.25, -0.2) is 11.4 Å². The molecule has 1 rings (SSSR count). The summed E-state index contributed by atoms with van der Waals surface area (Å²) in [6.07, 6.45) is -0.126. The fourth-order valence-electron chi connectivity index (χ4n) is 1.17. The molecule has 0 aromatic heterocycles. The first-order valence-corrected chi connectivity index (χ1v) is 5.16. The third-order valence-corrected chi connectivity index (χ3v) is 2.82. The molecule has 0 spiro atoms. The van der Waals surface area contributed by atoms with Gasteiger partial charge < -0.3 is 9.47 Å². The van der Waals surface area contributed by atoms with Gasteiger partial charge in [-0.15, -0.1) is 0 Å². The highest BCUT2D eigenvalue weighted by Crippen LogP contribution is 2.24. The Morgan fingerprint density at radius 2 is 2.31 bits per heavy atom. The summed E-state index contributed by atoms with van der Waals surface area (Å²) in [5, 5.41) is 0. The van der Waals surface area contributed by atoms with Crippen LogP contribution in [0.25, 0.3) is 4.85 Å². The lowest BCUT2D eigenvalue weighted by Gasteiger charge is -2.21. The van der Waals surface area contributed by atoms with Crippen LogP contribution >= 0.6 is 0 Å². The maximum atomic E-state index is 11.7. The zero-order chi connectivity index (χ0) is 12.3. The topological polar surface area (TPSA) is 57.0 Å². The van der Waals surface area contributed by atoms with Crippen molar-refractivity contribution in [1.82, 2.24) is 0 Å². The Bertz CT molecular complexity index is 342. The molecule has 1 heterocycles. The van der Waals surface area contributed by atoms with Crippen molar-refractivity contribution in [2.24, 2.45) is 5.41 Å². The van der Waals surface area contributed by atoms with Crippen LogP contribution in [0.5, 0.6) is 0 Å². The van der Waals surface area contributed by atoms with Gasteiger partial charge >= 0.3 is 18.0 Å². The number of rotatable bonds is 3. The number of carbonyl (C=O) groups excluding carboxylic acids is 2. The van der Waals surface area contributed by atoms with Crippen LogP contribution in [0.1, 0.15) is 27.2 Å². The molecule has 0 aromatic carbocycles. The highest BCUT2D eigenvalue weighted by Gasteiger charge is 2.46. The summed E-state index contributed by atoms with van der Waals surface area (Å²) in [7, 11) is 0. The molecule has 16 heavy (non-hydrogen) atoms. The van der Waals surface area contributed by atoms with Crippen LogP contribution in [0.3, 0.4) is 0 Å². The molecule has 0 aliphatic carbocycles. The predicted molar refractivity (Wildman–Crippen MR) is 55.3 cm³/mol. The summed E-state index contributed by atoms with van der Waals surface area (Å²) in [4.78, 5) is 25.9. The molecule has 88 valence electrons. The van der Waals surface area contributed by atoms with Crippen molar-refractivity contribution in [3.05, 3.63) is 11.4 Å². The van der Waals surface area contributed by atoms with Crippen LogP contribution in [0.15, 0.2) is 0 Å². The summed E-state index contributed by atoms with van der Waals surface area (Å²) in [5.74, 6) is -1.01. The highest BCUT2D eigenvalue weighted by atomic mass is 16.6. The second-order valence-electron chi connectivity index (χ2n) is 4.39. The number of hydrogen-bond donors (Lipinski definition) is 0. The van der Waals surface area contributed by atoms with Gasteiger partial charge in [-0.05, 0) is 20.3 Å². The molecular weight excluding hydrogens is 210 g/mol. The molecule has 1 saturated heterocycles. The van der Waals surface area contributed by atoms with Crippen LogP contribution in [0, 0.1) is 12.0 Å². The minimum Gasteiger partial charge on any atom is -0.456 e. The maximum absolute atomic E-state index is 11.7. The maximum Gasteiger partial charge on any atom is 0.394 e. The third-order valence-electron chi connectivity index (χ3n) is 2.82. The van der Waals surface area contributed by atoms with Crippen molar-refractivity contribution < 1.29 is 19.1 Å². The summed E-state index contributed by atoms with van der Waals surface area (Å²) < 4.78 is 9.83. The third kappa shape index (κ3) is 2.32. The van der Waals surface area contributed by atoms with E-state index < -0.39 is 29.5 Å². The highest BCUT2D eigenvalue weighted by molar-refractivity contribution is 5.82. The second kappa shape index (κ2) is 4.52. The van der Waals surface area contributed by atoms with E-state index in [1.165, 1.54) is 0 Å². The number of nitrogens with zero attached hydrogens (tertiary/aromatic N) is 1. The van der Waals surface area contributed by atoms with E-state index in [0.717, 1.165) is 0 Å². The van der Waals surface area contributed by atoms with Crippen molar-refractivity contribution in [2.45, 2.75) is 39.3 Å². The molecule has 5 nitrogen and oxygen atoms in total. The van der Waals surface area contributed by atoms with E-state index >= 15 is 0 Å². The molecule has 0 bridgehead atoms. The van der Waals surface area contributed by atoms with Gasteiger partial charge in [-0.1, -0.05) is 6.92 Å². The standard InChI is InChI=1S/C11H15NO4/c1-5-11(2,3)10(14)16-7-6-15-9(13)8(7)12-4/h7-8H,5-6H2,1-3H3. The minimum atomic E-state index is -1.00. The van der Waals surface area contributed by atoms with E-state index in [1.807, 2.05) is 6.92 Å². The van der Waals surface area contributed by atoms with Gasteiger partial charge in [-0.3, -0.25) is 9.64 Å². The van der Waals surface area contributed by atoms with Crippen LogP contribution in [-0.4, -0.2) is 30.7 Å². The number of carbonyl (C=O) groups is 2. The minimum absolute atomic E-state index is 0.0165. The van der Waals surface area contributed by atoms with Crippen molar-refractivity contribution >= 4 is 11.9 Å². The first-order chi connectivity index (χ1) is 7.42. The summed E-state index contributed by atoms with van der Waals surface area (Å²) in [5.41, 5.74) is -0.599. The SMILES string of the molecule is [C-]#[N+]C1C(=O)OCC1OC(=O)C(C)(C)CC. The lowest BCUT2D eigenvalue weighted by atomic mass is 9.90. The van der Waals surface area contributed by atoms with Crippen LogP contribution < -0.4 is 0 Å². The van der Waals surface area contributed by atoms with Crippen LogP contribution in [0.2, 0.25) is 0 Å². The lowest BCUT2D eigenvalue weighted by molar-refractivity contribution is -0.159. The summed E-state index contributed by atoms with van der Waals surface area (Å²) >= 11 is 0. The quantitative estimate of drug-likeness (QED) is 0.534. The van der Waals surface area contributed by atoms with Gasteiger partial charge in [0.15, 0.2) is 0 Å². The predicted octanol–water partition coefficient (Wildman–Crippen LogP) is 1.18. The normalized spacial score (nSPS) is 24.8. The van der Waals surface area contributed by atoms with Crippen LogP contribution in [-0.2, 0) is 19.1 Å². The van der Waals surface area contributed by atoms with E-state index in [2.05, 4.69) is 9.58 Å². The molecule has 2 atom stereocenters. The Balaban J connectivity index is 2.66. The summed E-state index contributed by atoms with van der Waals surface area (Å²) in [6.45, 7) is 12.2. The lowest BCUT2D eigenvalue weighted by Crippen LogP contribution is -2.35. The molecule has 5 heteroatoms. The van der Waals surface area contributed by atoms with Crippen LogP contribution in [0.4, 0.5) is 0 Å².